The van der Waals surface area contributed by atoms with Crippen molar-refractivity contribution in [1.29, 1.82) is 0 Å². The number of hydrogen-bond donors (Lipinski definition) is 1. The van der Waals surface area contributed by atoms with Gasteiger partial charge in [0.05, 0.1) is 11.4 Å². The Morgan fingerprint density at radius 2 is 1.33 bits per heavy atom. The first-order valence-electron chi connectivity index (χ1n) is 7.95. The Morgan fingerprint density at radius 3 is 1.92 bits per heavy atom. The monoisotopic (exact) mass is 332 g/mol. The molecule has 3 aromatic rings. The average Bonchev–Trinajstić information content (AvgIpc) is 2.67. The summed E-state index contributed by atoms with van der Waals surface area (Å²) in [5.74, 6) is 0. The zero-order valence-electron chi connectivity index (χ0n) is 13.4. The van der Waals surface area contributed by atoms with Crippen molar-refractivity contribution in [3.8, 4) is 0 Å². The van der Waals surface area contributed by atoms with Crippen molar-refractivity contribution < 1.29 is 5.11 Å². The summed E-state index contributed by atoms with van der Waals surface area (Å²) in [6.07, 6.45) is 1.22. The molecule has 0 aromatic heterocycles. The normalized spacial score (nSPS) is 13.2. The van der Waals surface area contributed by atoms with Gasteiger partial charge in [0.2, 0.25) is 0 Å². The zero-order valence-corrected chi connectivity index (χ0v) is 14.2. The van der Waals surface area contributed by atoms with E-state index < -0.39 is 6.10 Å². The summed E-state index contributed by atoms with van der Waals surface area (Å²) in [7, 11) is 0. The first-order valence-corrected chi connectivity index (χ1v) is 8.83. The first kappa shape index (κ1) is 16.6. The van der Waals surface area contributed by atoms with Gasteiger partial charge in [-0.25, -0.2) is 0 Å². The standard InChI is InChI=1S/C22H20OS/c1-2-17-13-15-18(16-14-17)21(23)22(19-9-5-3-6-10-19)24-20-11-7-4-8-12-20/h2-16,21-23H,1H2. The van der Waals surface area contributed by atoms with Gasteiger partial charge in [0.1, 0.15) is 0 Å². The van der Waals surface area contributed by atoms with Crippen LogP contribution in [0.15, 0.2) is 96.4 Å². The average molecular weight is 332 g/mol. The predicted octanol–water partition coefficient (Wildman–Crippen LogP) is 5.90. The largest absolute Gasteiger partial charge is 0.387 e. The summed E-state index contributed by atoms with van der Waals surface area (Å²) in [5.41, 5.74) is 3.09. The molecule has 0 saturated carbocycles. The lowest BCUT2D eigenvalue weighted by Gasteiger charge is -2.23. The molecule has 0 fully saturated rings. The minimum atomic E-state index is -0.587. The molecule has 0 aliphatic heterocycles. The molecule has 0 aliphatic rings. The fourth-order valence-corrected chi connectivity index (χ4v) is 3.79. The van der Waals surface area contributed by atoms with Crippen molar-refractivity contribution in [3.63, 3.8) is 0 Å². The van der Waals surface area contributed by atoms with Crippen molar-refractivity contribution in [3.05, 3.63) is 108 Å². The van der Waals surface area contributed by atoms with Crippen molar-refractivity contribution in [2.24, 2.45) is 0 Å². The van der Waals surface area contributed by atoms with Crippen molar-refractivity contribution in [1.82, 2.24) is 0 Å². The van der Waals surface area contributed by atoms with Crippen LogP contribution in [0.1, 0.15) is 28.0 Å². The topological polar surface area (TPSA) is 20.2 Å². The fraction of sp³-hybridized carbons (Fsp3) is 0.0909. The molecule has 0 amide bonds. The van der Waals surface area contributed by atoms with Gasteiger partial charge in [-0.2, -0.15) is 0 Å². The second-order valence-electron chi connectivity index (χ2n) is 5.58. The van der Waals surface area contributed by atoms with Gasteiger partial charge in [0, 0.05) is 4.90 Å². The van der Waals surface area contributed by atoms with Crippen LogP contribution in [0.5, 0.6) is 0 Å². The molecule has 2 atom stereocenters. The van der Waals surface area contributed by atoms with E-state index in [1.54, 1.807) is 11.8 Å². The van der Waals surface area contributed by atoms with Gasteiger partial charge in [0.15, 0.2) is 0 Å². The number of aliphatic hydroxyl groups is 1. The molecule has 0 heterocycles. The van der Waals surface area contributed by atoms with E-state index in [0.717, 1.165) is 21.6 Å². The number of hydrogen-bond acceptors (Lipinski definition) is 2. The van der Waals surface area contributed by atoms with Crippen LogP contribution in [0.4, 0.5) is 0 Å². The minimum Gasteiger partial charge on any atom is -0.387 e. The van der Waals surface area contributed by atoms with Gasteiger partial charge in [-0.3, -0.25) is 0 Å². The summed E-state index contributed by atoms with van der Waals surface area (Å²) in [5, 5.41) is 10.9. The third kappa shape index (κ3) is 3.97. The summed E-state index contributed by atoms with van der Waals surface area (Å²) in [6.45, 7) is 3.78. The second-order valence-corrected chi connectivity index (χ2v) is 6.79. The first-order chi connectivity index (χ1) is 11.8. The summed E-state index contributed by atoms with van der Waals surface area (Å²) in [4.78, 5) is 1.15. The van der Waals surface area contributed by atoms with E-state index in [9.17, 15) is 5.11 Å². The molecule has 0 saturated heterocycles. The molecule has 1 nitrogen and oxygen atoms in total. The van der Waals surface area contributed by atoms with Crippen LogP contribution >= 0.6 is 11.8 Å². The van der Waals surface area contributed by atoms with Crippen LogP contribution in [0.25, 0.3) is 6.08 Å². The Hall–Kier alpha value is -2.29. The zero-order chi connectivity index (χ0) is 16.8. The Labute approximate surface area is 147 Å². The quantitative estimate of drug-likeness (QED) is 0.567. The number of aliphatic hydroxyl groups excluding tert-OH is 1. The second kappa shape index (κ2) is 8.00. The van der Waals surface area contributed by atoms with Gasteiger partial charge < -0.3 is 5.11 Å². The van der Waals surface area contributed by atoms with Gasteiger partial charge in [0.25, 0.3) is 0 Å². The number of benzene rings is 3. The van der Waals surface area contributed by atoms with E-state index in [1.165, 1.54) is 0 Å². The highest BCUT2D eigenvalue weighted by atomic mass is 32.2. The van der Waals surface area contributed by atoms with Crippen LogP contribution in [0, 0.1) is 0 Å². The van der Waals surface area contributed by atoms with E-state index in [-0.39, 0.29) is 5.25 Å². The van der Waals surface area contributed by atoms with Crippen LogP contribution in [-0.4, -0.2) is 5.11 Å². The Kier molecular flexibility index (Phi) is 5.52. The third-order valence-electron chi connectivity index (χ3n) is 3.93. The molecule has 0 spiro atoms. The Bertz CT molecular complexity index is 766. The maximum atomic E-state index is 11.0. The molecule has 3 rings (SSSR count). The highest BCUT2D eigenvalue weighted by Gasteiger charge is 2.23. The highest BCUT2D eigenvalue weighted by molar-refractivity contribution is 7.99. The summed E-state index contributed by atoms with van der Waals surface area (Å²) < 4.78 is 0. The minimum absolute atomic E-state index is 0.0665. The summed E-state index contributed by atoms with van der Waals surface area (Å²) in [6, 6.07) is 28.3. The van der Waals surface area contributed by atoms with E-state index in [4.69, 9.17) is 0 Å². The van der Waals surface area contributed by atoms with Crippen molar-refractivity contribution >= 4 is 17.8 Å². The van der Waals surface area contributed by atoms with E-state index in [1.807, 2.05) is 66.7 Å². The van der Waals surface area contributed by atoms with Crippen LogP contribution < -0.4 is 0 Å². The molecule has 0 bridgehead atoms. The lowest BCUT2D eigenvalue weighted by Crippen LogP contribution is -2.08. The van der Waals surface area contributed by atoms with Gasteiger partial charge in [-0.1, -0.05) is 85.5 Å². The molecule has 0 aliphatic carbocycles. The Balaban J connectivity index is 1.92. The molecule has 0 radical (unpaired) electrons. The van der Waals surface area contributed by atoms with Gasteiger partial charge in [-0.05, 0) is 28.8 Å². The lowest BCUT2D eigenvalue weighted by atomic mass is 10.00. The molecule has 1 N–H and O–H groups in total. The van der Waals surface area contributed by atoms with Crippen LogP contribution in [0.2, 0.25) is 0 Å². The molecular weight excluding hydrogens is 312 g/mol. The lowest BCUT2D eigenvalue weighted by molar-refractivity contribution is 0.175. The van der Waals surface area contributed by atoms with E-state index in [2.05, 4.69) is 30.8 Å². The predicted molar refractivity (Wildman–Crippen MR) is 103 cm³/mol. The van der Waals surface area contributed by atoms with Gasteiger partial charge in [-0.15, -0.1) is 11.8 Å². The molecule has 3 aromatic carbocycles. The molecule has 120 valence electrons. The smallest absolute Gasteiger partial charge is 0.0952 e. The van der Waals surface area contributed by atoms with Crippen molar-refractivity contribution in [2.45, 2.75) is 16.2 Å². The number of thioether (sulfide) groups is 1. The maximum absolute atomic E-state index is 11.0. The molecule has 2 heteroatoms. The summed E-state index contributed by atoms with van der Waals surface area (Å²) >= 11 is 1.68. The van der Waals surface area contributed by atoms with E-state index in [0.29, 0.717) is 0 Å². The molecular formula is C22H20OS. The van der Waals surface area contributed by atoms with Crippen molar-refractivity contribution in [2.75, 3.05) is 0 Å². The van der Waals surface area contributed by atoms with E-state index >= 15 is 0 Å². The van der Waals surface area contributed by atoms with Crippen LogP contribution in [0.3, 0.4) is 0 Å². The fourth-order valence-electron chi connectivity index (χ4n) is 2.61. The number of rotatable bonds is 6. The maximum Gasteiger partial charge on any atom is 0.0952 e. The van der Waals surface area contributed by atoms with Gasteiger partial charge >= 0.3 is 0 Å². The third-order valence-corrected chi connectivity index (χ3v) is 5.26. The SMILES string of the molecule is C=Cc1ccc(C(O)C(Sc2ccccc2)c2ccccc2)cc1. The molecule has 24 heavy (non-hydrogen) atoms. The highest BCUT2D eigenvalue weighted by Crippen LogP contribution is 2.43. The Morgan fingerprint density at radius 1 is 0.750 bits per heavy atom. The molecule has 2 unspecified atom stereocenters. The van der Waals surface area contributed by atoms with Crippen LogP contribution in [-0.2, 0) is 0 Å².